The zero-order valence-corrected chi connectivity index (χ0v) is 15.0. The normalized spacial score (nSPS) is 11.7. The fraction of sp³-hybridized carbons (Fsp3) is 0.250. The molecule has 0 fully saturated rings. The first-order valence-electron chi connectivity index (χ1n) is 8.47. The third-order valence-electron chi connectivity index (χ3n) is 3.80. The molecule has 0 aliphatic carbocycles. The molecule has 0 aliphatic rings. The molecule has 3 N–H and O–H groups in total. The highest BCUT2D eigenvalue weighted by Gasteiger charge is 2.22. The molecule has 0 spiro atoms. The maximum absolute atomic E-state index is 12.9. The number of hydrogen-bond acceptors (Lipinski definition) is 3. The number of carboxylic acid groups (broad SMARTS) is 1. The van der Waals surface area contributed by atoms with E-state index in [1.807, 2.05) is 13.8 Å². The third kappa shape index (κ3) is 5.91. The van der Waals surface area contributed by atoms with Crippen molar-refractivity contribution in [1.82, 2.24) is 5.32 Å². The number of benzene rings is 2. The topological polar surface area (TPSA) is 95.5 Å². The number of carbonyl (C=O) groups excluding carboxylic acids is 2. The molecule has 1 atom stereocenters. The van der Waals surface area contributed by atoms with Gasteiger partial charge in [0.2, 0.25) is 0 Å². The molecule has 0 aromatic heterocycles. The maximum atomic E-state index is 12.9. The van der Waals surface area contributed by atoms with Crippen LogP contribution in [-0.2, 0) is 4.79 Å². The predicted octanol–water partition coefficient (Wildman–Crippen LogP) is 3.31. The summed E-state index contributed by atoms with van der Waals surface area (Å²) < 4.78 is 12.9. The van der Waals surface area contributed by atoms with Crippen molar-refractivity contribution in [3.63, 3.8) is 0 Å². The molecule has 0 saturated heterocycles. The predicted molar refractivity (Wildman–Crippen MR) is 99.1 cm³/mol. The fourth-order valence-electron chi connectivity index (χ4n) is 2.48. The molecule has 2 aromatic carbocycles. The lowest BCUT2D eigenvalue weighted by atomic mass is 10.0. The Kier molecular flexibility index (Phi) is 6.65. The highest BCUT2D eigenvalue weighted by molar-refractivity contribution is 6.05. The first-order chi connectivity index (χ1) is 12.8. The molecule has 27 heavy (non-hydrogen) atoms. The van der Waals surface area contributed by atoms with Gasteiger partial charge in [-0.15, -0.1) is 0 Å². The molecule has 0 saturated carbocycles. The summed E-state index contributed by atoms with van der Waals surface area (Å²) in [5.74, 6) is -2.43. The van der Waals surface area contributed by atoms with Crippen LogP contribution in [0.15, 0.2) is 48.5 Å². The van der Waals surface area contributed by atoms with Crippen LogP contribution >= 0.6 is 0 Å². The fourth-order valence-corrected chi connectivity index (χ4v) is 2.48. The van der Waals surface area contributed by atoms with Crippen LogP contribution in [0.25, 0.3) is 0 Å². The summed E-state index contributed by atoms with van der Waals surface area (Å²) in [6.45, 7) is 3.74. The smallest absolute Gasteiger partial charge is 0.326 e. The number of anilines is 1. The molecule has 2 aromatic rings. The van der Waals surface area contributed by atoms with E-state index in [2.05, 4.69) is 10.6 Å². The minimum Gasteiger partial charge on any atom is -0.480 e. The standard InChI is InChI=1S/C20H21FN2O4/c1-12(2)10-17(20(26)27)23-19(25)14-4-3-5-16(11-14)22-18(24)13-6-8-15(21)9-7-13/h3-9,11-12,17H,10H2,1-2H3,(H,22,24)(H,23,25)(H,26,27)/t17-/m0/s1. The van der Waals surface area contributed by atoms with Gasteiger partial charge in [0, 0.05) is 16.8 Å². The zero-order chi connectivity index (χ0) is 20.0. The van der Waals surface area contributed by atoms with Gasteiger partial charge in [-0.2, -0.15) is 0 Å². The molecular weight excluding hydrogens is 351 g/mol. The Morgan fingerprint density at radius 2 is 1.67 bits per heavy atom. The molecule has 142 valence electrons. The number of amides is 2. The number of carbonyl (C=O) groups is 3. The Morgan fingerprint density at radius 1 is 1.00 bits per heavy atom. The summed E-state index contributed by atoms with van der Waals surface area (Å²) in [6, 6.07) is 10.2. The van der Waals surface area contributed by atoms with Crippen LogP contribution in [0.3, 0.4) is 0 Å². The van der Waals surface area contributed by atoms with Gasteiger partial charge in [-0.25, -0.2) is 9.18 Å². The lowest BCUT2D eigenvalue weighted by Gasteiger charge is -2.16. The summed E-state index contributed by atoms with van der Waals surface area (Å²) in [4.78, 5) is 35.8. The molecule has 0 radical (unpaired) electrons. The molecular formula is C20H21FN2O4. The Morgan fingerprint density at radius 3 is 2.26 bits per heavy atom. The van der Waals surface area contributed by atoms with Gasteiger partial charge < -0.3 is 15.7 Å². The molecule has 0 heterocycles. The minimum atomic E-state index is -1.10. The number of carboxylic acids is 1. The van der Waals surface area contributed by atoms with E-state index < -0.39 is 29.6 Å². The van der Waals surface area contributed by atoms with Crippen LogP contribution in [0.1, 0.15) is 41.0 Å². The molecule has 0 aliphatic heterocycles. The number of hydrogen-bond donors (Lipinski definition) is 3. The zero-order valence-electron chi connectivity index (χ0n) is 15.0. The average Bonchev–Trinajstić information content (AvgIpc) is 2.61. The van der Waals surface area contributed by atoms with Crippen molar-refractivity contribution in [3.05, 3.63) is 65.5 Å². The highest BCUT2D eigenvalue weighted by Crippen LogP contribution is 2.14. The number of rotatable bonds is 7. The van der Waals surface area contributed by atoms with Gasteiger partial charge in [-0.3, -0.25) is 9.59 Å². The van der Waals surface area contributed by atoms with E-state index in [0.717, 1.165) is 0 Å². The van der Waals surface area contributed by atoms with Crippen molar-refractivity contribution in [2.45, 2.75) is 26.3 Å². The van der Waals surface area contributed by atoms with Gasteiger partial charge in [0.15, 0.2) is 0 Å². The van der Waals surface area contributed by atoms with Crippen LogP contribution in [0.2, 0.25) is 0 Å². The van der Waals surface area contributed by atoms with Crippen LogP contribution in [0.5, 0.6) is 0 Å². The van der Waals surface area contributed by atoms with E-state index in [0.29, 0.717) is 12.1 Å². The molecule has 0 unspecified atom stereocenters. The third-order valence-corrected chi connectivity index (χ3v) is 3.80. The summed E-state index contributed by atoms with van der Waals surface area (Å²) in [7, 11) is 0. The van der Waals surface area contributed by atoms with Crippen molar-refractivity contribution >= 4 is 23.5 Å². The first-order valence-corrected chi connectivity index (χ1v) is 8.47. The van der Waals surface area contributed by atoms with Crippen LogP contribution in [0, 0.1) is 11.7 Å². The summed E-state index contributed by atoms with van der Waals surface area (Å²) >= 11 is 0. The van der Waals surface area contributed by atoms with E-state index >= 15 is 0 Å². The van der Waals surface area contributed by atoms with Gasteiger partial charge >= 0.3 is 5.97 Å². The van der Waals surface area contributed by atoms with Gasteiger partial charge in [0.25, 0.3) is 11.8 Å². The highest BCUT2D eigenvalue weighted by atomic mass is 19.1. The quantitative estimate of drug-likeness (QED) is 0.695. The van der Waals surface area contributed by atoms with Gasteiger partial charge in [-0.1, -0.05) is 19.9 Å². The number of halogens is 1. The molecule has 2 rings (SSSR count). The molecule has 0 bridgehead atoms. The minimum absolute atomic E-state index is 0.104. The van der Waals surface area contributed by atoms with E-state index in [-0.39, 0.29) is 17.0 Å². The largest absolute Gasteiger partial charge is 0.480 e. The van der Waals surface area contributed by atoms with Crippen LogP contribution in [-0.4, -0.2) is 28.9 Å². The molecule has 2 amide bonds. The second kappa shape index (κ2) is 8.93. The Bertz CT molecular complexity index is 834. The number of nitrogens with one attached hydrogen (secondary N) is 2. The molecule has 6 nitrogen and oxygen atoms in total. The van der Waals surface area contributed by atoms with Crippen LogP contribution in [0.4, 0.5) is 10.1 Å². The lowest BCUT2D eigenvalue weighted by molar-refractivity contribution is -0.139. The Hall–Kier alpha value is -3.22. The van der Waals surface area contributed by atoms with E-state index in [4.69, 9.17) is 0 Å². The average molecular weight is 372 g/mol. The summed E-state index contributed by atoms with van der Waals surface area (Å²) in [5.41, 5.74) is 0.865. The second-order valence-electron chi connectivity index (χ2n) is 6.54. The van der Waals surface area contributed by atoms with E-state index in [1.54, 1.807) is 12.1 Å². The summed E-state index contributed by atoms with van der Waals surface area (Å²) in [5, 5.41) is 14.4. The molecule has 7 heteroatoms. The van der Waals surface area contributed by atoms with E-state index in [1.165, 1.54) is 36.4 Å². The second-order valence-corrected chi connectivity index (χ2v) is 6.54. The van der Waals surface area contributed by atoms with Crippen molar-refractivity contribution in [2.75, 3.05) is 5.32 Å². The van der Waals surface area contributed by atoms with Crippen LogP contribution < -0.4 is 10.6 Å². The first kappa shape index (κ1) is 20.1. The lowest BCUT2D eigenvalue weighted by Crippen LogP contribution is -2.41. The number of aliphatic carboxylic acids is 1. The maximum Gasteiger partial charge on any atom is 0.326 e. The van der Waals surface area contributed by atoms with Gasteiger partial charge in [-0.05, 0) is 54.8 Å². The van der Waals surface area contributed by atoms with Crippen molar-refractivity contribution < 1.29 is 23.9 Å². The van der Waals surface area contributed by atoms with Gasteiger partial charge in [0.05, 0.1) is 0 Å². The Balaban J connectivity index is 2.09. The van der Waals surface area contributed by atoms with Crippen molar-refractivity contribution in [1.29, 1.82) is 0 Å². The van der Waals surface area contributed by atoms with Gasteiger partial charge in [0.1, 0.15) is 11.9 Å². The Labute approximate surface area is 156 Å². The van der Waals surface area contributed by atoms with E-state index in [9.17, 15) is 23.9 Å². The SMILES string of the molecule is CC(C)C[C@H](NC(=O)c1cccc(NC(=O)c2ccc(F)cc2)c1)C(=O)O. The van der Waals surface area contributed by atoms with Crippen molar-refractivity contribution in [2.24, 2.45) is 5.92 Å². The summed E-state index contributed by atoms with van der Waals surface area (Å²) in [6.07, 6.45) is 0.308. The van der Waals surface area contributed by atoms with Crippen molar-refractivity contribution in [3.8, 4) is 0 Å². The monoisotopic (exact) mass is 372 g/mol.